The van der Waals surface area contributed by atoms with E-state index in [2.05, 4.69) is 219 Å². The van der Waals surface area contributed by atoms with E-state index in [9.17, 15) is 0 Å². The molecule has 9 aromatic carbocycles. The molecule has 0 saturated heterocycles. The van der Waals surface area contributed by atoms with Crippen LogP contribution in [0.2, 0.25) is 0 Å². The molecule has 296 valence electrons. The summed E-state index contributed by atoms with van der Waals surface area (Å²) in [5.41, 5.74) is 23.3. The zero-order valence-electron chi connectivity index (χ0n) is 35.0. The maximum Gasteiger partial charge on any atom is 0.161 e. The highest BCUT2D eigenvalue weighted by molar-refractivity contribution is 6.01. The second-order valence-corrected chi connectivity index (χ2v) is 17.5. The molecule has 1 aromatic heterocycles. The number of hydrogen-bond acceptors (Lipinski definition) is 2. The van der Waals surface area contributed by atoms with E-state index in [1.54, 1.807) is 0 Å². The summed E-state index contributed by atoms with van der Waals surface area (Å²) in [6.45, 7) is 2.39. The second kappa shape index (κ2) is 13.9. The predicted molar refractivity (Wildman–Crippen MR) is 259 cm³/mol. The molecular weight excluding hydrogens is 761 g/mol. The predicted octanol–water partition coefficient (Wildman–Crippen LogP) is 15.1. The Morgan fingerprint density at radius 2 is 0.984 bits per heavy atom. The first-order valence-corrected chi connectivity index (χ1v) is 22.3. The summed E-state index contributed by atoms with van der Waals surface area (Å²) in [5.74, 6) is 1.55. The summed E-state index contributed by atoms with van der Waals surface area (Å²) in [7, 11) is 0. The third-order valence-electron chi connectivity index (χ3n) is 14.5. The van der Waals surface area contributed by atoms with Crippen LogP contribution in [0.4, 0.5) is 0 Å². The summed E-state index contributed by atoms with van der Waals surface area (Å²) >= 11 is 0. The summed E-state index contributed by atoms with van der Waals surface area (Å²) in [4.78, 5) is 10.9. The number of benzene rings is 9. The molecule has 3 aliphatic rings. The normalized spacial score (nSPS) is 15.2. The standard InChI is InChI=1S/C61H42N2/c1-38(39-17-3-2-4-18-39)51-37-42-19-15-26-43(57(42)47-23-6-5-20-44(47)51)40-33-35-41(36-34-40)59-49-25-10-14-32-56(49)62-60(63-59)50-27-16-31-55-58(50)48-24-9-13-30-54(48)61(55)52-28-11-7-21-45(52)46-22-8-12-29-53(46)61/h2-36,38,51H,37H2,1H3. The molecule has 0 N–H and O–H groups in total. The minimum atomic E-state index is -0.428. The molecule has 2 nitrogen and oxygen atoms in total. The van der Waals surface area contributed by atoms with Crippen molar-refractivity contribution < 1.29 is 0 Å². The highest BCUT2D eigenvalue weighted by Gasteiger charge is 2.52. The molecular formula is C61H42N2. The third kappa shape index (κ3) is 5.19. The van der Waals surface area contributed by atoms with Crippen LogP contribution in [0.25, 0.3) is 78.1 Å². The highest BCUT2D eigenvalue weighted by Crippen LogP contribution is 2.64. The van der Waals surface area contributed by atoms with Gasteiger partial charge in [-0.3, -0.25) is 0 Å². The van der Waals surface area contributed by atoms with Gasteiger partial charge in [-0.1, -0.05) is 213 Å². The molecule has 0 saturated carbocycles. The number of para-hydroxylation sites is 1. The van der Waals surface area contributed by atoms with Crippen molar-refractivity contribution >= 4 is 10.9 Å². The van der Waals surface area contributed by atoms with E-state index in [0.717, 1.165) is 40.0 Å². The number of fused-ring (bicyclic) bond motifs is 14. The van der Waals surface area contributed by atoms with Crippen molar-refractivity contribution in [3.63, 3.8) is 0 Å². The Bertz CT molecular complexity index is 3410. The van der Waals surface area contributed by atoms with Crippen LogP contribution in [-0.4, -0.2) is 9.97 Å². The number of nitrogens with zero attached hydrogens (tertiary/aromatic N) is 2. The molecule has 1 heterocycles. The van der Waals surface area contributed by atoms with Gasteiger partial charge in [0.05, 0.1) is 16.6 Å². The van der Waals surface area contributed by atoms with Crippen LogP contribution in [0.15, 0.2) is 212 Å². The van der Waals surface area contributed by atoms with Gasteiger partial charge in [-0.2, -0.15) is 0 Å². The van der Waals surface area contributed by atoms with Crippen LogP contribution in [0.5, 0.6) is 0 Å². The van der Waals surface area contributed by atoms with E-state index in [4.69, 9.17) is 9.97 Å². The van der Waals surface area contributed by atoms with Gasteiger partial charge >= 0.3 is 0 Å². The van der Waals surface area contributed by atoms with Crippen LogP contribution in [0, 0.1) is 0 Å². The SMILES string of the molecule is CC(c1ccccc1)C1Cc2cccc(-c3ccc(-c4nc(-c5cccc6c5-c5ccccc5C65c6ccccc6-c6ccccc65)nc5ccccc45)cc3)c2-c2ccccc21. The molecule has 3 aliphatic carbocycles. The summed E-state index contributed by atoms with van der Waals surface area (Å²) in [6.07, 6.45) is 1.01. The zero-order chi connectivity index (χ0) is 41.6. The van der Waals surface area contributed by atoms with Crippen molar-refractivity contribution in [2.24, 2.45) is 0 Å². The molecule has 0 fully saturated rings. The average Bonchev–Trinajstić information content (AvgIpc) is 3.83. The molecule has 0 amide bonds. The van der Waals surface area contributed by atoms with Gasteiger partial charge in [0.2, 0.25) is 0 Å². The first-order valence-electron chi connectivity index (χ1n) is 22.3. The number of hydrogen-bond donors (Lipinski definition) is 0. The second-order valence-electron chi connectivity index (χ2n) is 17.5. The van der Waals surface area contributed by atoms with E-state index < -0.39 is 5.41 Å². The quantitative estimate of drug-likeness (QED) is 0.173. The van der Waals surface area contributed by atoms with Gasteiger partial charge in [-0.15, -0.1) is 0 Å². The van der Waals surface area contributed by atoms with Gasteiger partial charge in [0.1, 0.15) is 0 Å². The topological polar surface area (TPSA) is 25.8 Å². The molecule has 10 aromatic rings. The number of aromatic nitrogens is 2. The maximum absolute atomic E-state index is 5.54. The van der Waals surface area contributed by atoms with Gasteiger partial charge in [-0.05, 0) is 108 Å². The Morgan fingerprint density at radius 1 is 0.429 bits per heavy atom. The van der Waals surface area contributed by atoms with Gasteiger partial charge in [0.25, 0.3) is 0 Å². The van der Waals surface area contributed by atoms with E-state index >= 15 is 0 Å². The first kappa shape index (κ1) is 36.0. The average molecular weight is 803 g/mol. The van der Waals surface area contributed by atoms with E-state index in [0.29, 0.717) is 11.8 Å². The summed E-state index contributed by atoms with van der Waals surface area (Å²) in [6, 6.07) is 78.2. The van der Waals surface area contributed by atoms with Gasteiger partial charge in [0.15, 0.2) is 5.82 Å². The van der Waals surface area contributed by atoms with Crippen molar-refractivity contribution in [2.75, 3.05) is 0 Å². The Morgan fingerprint density at radius 3 is 1.75 bits per heavy atom. The van der Waals surface area contributed by atoms with Crippen LogP contribution in [0.3, 0.4) is 0 Å². The molecule has 0 bridgehead atoms. The van der Waals surface area contributed by atoms with E-state index in [-0.39, 0.29) is 0 Å². The smallest absolute Gasteiger partial charge is 0.161 e. The fourth-order valence-electron chi connectivity index (χ4n) is 11.7. The van der Waals surface area contributed by atoms with Crippen molar-refractivity contribution in [3.8, 4) is 67.2 Å². The van der Waals surface area contributed by atoms with Crippen molar-refractivity contribution in [2.45, 2.75) is 30.6 Å². The van der Waals surface area contributed by atoms with Crippen molar-refractivity contribution in [1.29, 1.82) is 0 Å². The number of rotatable bonds is 5. The molecule has 1 spiro atoms. The lowest BCUT2D eigenvalue weighted by molar-refractivity contribution is 0.568. The summed E-state index contributed by atoms with van der Waals surface area (Å²) < 4.78 is 0. The Labute approximate surface area is 368 Å². The Kier molecular flexibility index (Phi) is 7.96. The maximum atomic E-state index is 5.54. The lowest BCUT2D eigenvalue weighted by Crippen LogP contribution is -2.25. The zero-order valence-corrected chi connectivity index (χ0v) is 35.0. The van der Waals surface area contributed by atoms with Gasteiger partial charge < -0.3 is 0 Å². The van der Waals surface area contributed by atoms with Crippen LogP contribution >= 0.6 is 0 Å². The largest absolute Gasteiger partial charge is 0.228 e. The molecule has 2 heteroatoms. The first-order chi connectivity index (χ1) is 31.2. The lowest BCUT2D eigenvalue weighted by atomic mass is 9.70. The van der Waals surface area contributed by atoms with Crippen LogP contribution in [-0.2, 0) is 11.8 Å². The minimum Gasteiger partial charge on any atom is -0.228 e. The van der Waals surface area contributed by atoms with Crippen molar-refractivity contribution in [3.05, 3.63) is 251 Å². The molecule has 2 unspecified atom stereocenters. The lowest BCUT2D eigenvalue weighted by Gasteiger charge is -2.33. The van der Waals surface area contributed by atoms with Gasteiger partial charge in [0, 0.05) is 16.5 Å². The highest BCUT2D eigenvalue weighted by atomic mass is 14.9. The van der Waals surface area contributed by atoms with Crippen molar-refractivity contribution in [1.82, 2.24) is 9.97 Å². The van der Waals surface area contributed by atoms with Crippen LogP contribution in [0.1, 0.15) is 57.7 Å². The fourth-order valence-corrected chi connectivity index (χ4v) is 11.7. The Balaban J connectivity index is 0.937. The van der Waals surface area contributed by atoms with E-state index in [1.165, 1.54) is 83.5 Å². The third-order valence-corrected chi connectivity index (χ3v) is 14.5. The molecule has 0 radical (unpaired) electrons. The Hall–Kier alpha value is -7.68. The molecule has 0 aliphatic heterocycles. The summed E-state index contributed by atoms with van der Waals surface area (Å²) in [5, 5.41) is 1.04. The van der Waals surface area contributed by atoms with Gasteiger partial charge in [-0.25, -0.2) is 9.97 Å². The molecule has 2 atom stereocenters. The fraction of sp³-hybridized carbons (Fsp3) is 0.0820. The molecule has 63 heavy (non-hydrogen) atoms. The monoisotopic (exact) mass is 802 g/mol. The minimum absolute atomic E-state index is 0.403. The van der Waals surface area contributed by atoms with E-state index in [1.807, 2.05) is 0 Å². The molecule has 13 rings (SSSR count). The van der Waals surface area contributed by atoms with Crippen LogP contribution < -0.4 is 0 Å².